The molecular formula is C12H15N3OS2. The maximum atomic E-state index is 12.0. The molecule has 0 aliphatic carbocycles. The van der Waals surface area contributed by atoms with Crippen LogP contribution in [0.15, 0.2) is 17.5 Å². The predicted molar refractivity (Wildman–Crippen MR) is 74.2 cm³/mol. The Labute approximate surface area is 114 Å². The van der Waals surface area contributed by atoms with E-state index in [2.05, 4.69) is 14.7 Å². The zero-order valence-electron chi connectivity index (χ0n) is 10.5. The van der Waals surface area contributed by atoms with Crippen molar-refractivity contribution in [2.45, 2.75) is 32.7 Å². The van der Waals surface area contributed by atoms with E-state index in [0.717, 1.165) is 22.2 Å². The molecule has 2 heterocycles. The molecule has 6 heteroatoms. The van der Waals surface area contributed by atoms with Gasteiger partial charge in [-0.25, -0.2) is 4.98 Å². The van der Waals surface area contributed by atoms with E-state index in [1.165, 1.54) is 0 Å². The van der Waals surface area contributed by atoms with Crippen molar-refractivity contribution in [2.24, 2.45) is 0 Å². The van der Waals surface area contributed by atoms with Gasteiger partial charge in [0.15, 0.2) is 0 Å². The number of carbonyl (C=O) groups is 1. The SMILES string of the molecule is CC(C)c1nsc(C(=O)NC(C)c2cccs2)n1. The average Bonchev–Trinajstić information content (AvgIpc) is 3.00. The number of thiophene rings is 1. The van der Waals surface area contributed by atoms with Crippen LogP contribution in [0.4, 0.5) is 0 Å². The van der Waals surface area contributed by atoms with Gasteiger partial charge < -0.3 is 5.32 Å². The first-order valence-electron chi connectivity index (χ1n) is 5.75. The molecule has 2 aromatic heterocycles. The molecule has 0 bridgehead atoms. The normalized spacial score (nSPS) is 12.7. The Morgan fingerprint density at radius 2 is 2.17 bits per heavy atom. The van der Waals surface area contributed by atoms with Crippen molar-refractivity contribution in [3.05, 3.63) is 33.2 Å². The molecule has 0 saturated heterocycles. The van der Waals surface area contributed by atoms with Crippen LogP contribution in [0.5, 0.6) is 0 Å². The van der Waals surface area contributed by atoms with E-state index >= 15 is 0 Å². The number of hydrogen-bond acceptors (Lipinski definition) is 5. The Kier molecular flexibility index (Phi) is 4.08. The van der Waals surface area contributed by atoms with E-state index in [-0.39, 0.29) is 17.9 Å². The Morgan fingerprint density at radius 1 is 1.39 bits per heavy atom. The van der Waals surface area contributed by atoms with E-state index in [9.17, 15) is 4.79 Å². The molecule has 1 amide bonds. The smallest absolute Gasteiger partial charge is 0.282 e. The number of nitrogens with one attached hydrogen (secondary N) is 1. The van der Waals surface area contributed by atoms with E-state index < -0.39 is 0 Å². The fourth-order valence-corrected chi connectivity index (χ4v) is 2.87. The minimum absolute atomic E-state index is 0.00361. The fraction of sp³-hybridized carbons (Fsp3) is 0.417. The van der Waals surface area contributed by atoms with Crippen LogP contribution in [0.3, 0.4) is 0 Å². The van der Waals surface area contributed by atoms with Crippen molar-refractivity contribution >= 4 is 28.8 Å². The topological polar surface area (TPSA) is 54.9 Å². The summed E-state index contributed by atoms with van der Waals surface area (Å²) in [5, 5.41) is 5.36. The molecule has 1 N–H and O–H groups in total. The highest BCUT2D eigenvalue weighted by atomic mass is 32.1. The van der Waals surface area contributed by atoms with Crippen molar-refractivity contribution in [1.29, 1.82) is 0 Å². The quantitative estimate of drug-likeness (QED) is 0.936. The molecule has 96 valence electrons. The minimum Gasteiger partial charge on any atom is -0.343 e. The van der Waals surface area contributed by atoms with Gasteiger partial charge in [-0.05, 0) is 29.9 Å². The third-order valence-electron chi connectivity index (χ3n) is 2.47. The van der Waals surface area contributed by atoms with Crippen LogP contribution in [-0.2, 0) is 0 Å². The summed E-state index contributed by atoms with van der Waals surface area (Å²) in [6, 6.07) is 3.99. The molecule has 0 aliphatic heterocycles. The summed E-state index contributed by atoms with van der Waals surface area (Å²) in [6.07, 6.45) is 0. The summed E-state index contributed by atoms with van der Waals surface area (Å²) in [7, 11) is 0. The molecule has 1 unspecified atom stereocenters. The second kappa shape index (κ2) is 5.58. The molecular weight excluding hydrogens is 266 g/mol. The van der Waals surface area contributed by atoms with Crippen molar-refractivity contribution in [3.63, 3.8) is 0 Å². The van der Waals surface area contributed by atoms with Gasteiger partial charge in [-0.15, -0.1) is 11.3 Å². The summed E-state index contributed by atoms with van der Waals surface area (Å²) in [5.41, 5.74) is 0. The van der Waals surface area contributed by atoms with E-state index in [0.29, 0.717) is 5.01 Å². The van der Waals surface area contributed by atoms with Crippen LogP contribution in [0, 0.1) is 0 Å². The van der Waals surface area contributed by atoms with Crippen LogP contribution < -0.4 is 5.32 Å². The lowest BCUT2D eigenvalue weighted by atomic mass is 10.2. The third kappa shape index (κ3) is 2.94. The molecule has 1 atom stereocenters. The molecule has 0 aliphatic rings. The highest BCUT2D eigenvalue weighted by molar-refractivity contribution is 7.10. The zero-order valence-corrected chi connectivity index (χ0v) is 12.1. The number of hydrogen-bond donors (Lipinski definition) is 1. The minimum atomic E-state index is -0.152. The Bertz CT molecular complexity index is 519. The van der Waals surface area contributed by atoms with Crippen LogP contribution in [0.25, 0.3) is 0 Å². The van der Waals surface area contributed by atoms with Crippen molar-refractivity contribution in [1.82, 2.24) is 14.7 Å². The molecule has 0 saturated carbocycles. The fourth-order valence-electron chi connectivity index (χ4n) is 1.43. The van der Waals surface area contributed by atoms with Gasteiger partial charge in [0.05, 0.1) is 6.04 Å². The van der Waals surface area contributed by atoms with Gasteiger partial charge in [-0.2, -0.15) is 4.37 Å². The van der Waals surface area contributed by atoms with Gasteiger partial charge in [0.25, 0.3) is 5.91 Å². The van der Waals surface area contributed by atoms with Gasteiger partial charge in [-0.3, -0.25) is 4.79 Å². The number of amides is 1. The lowest BCUT2D eigenvalue weighted by molar-refractivity contribution is 0.0940. The standard InChI is InChI=1S/C12H15N3OS2/c1-7(2)10-14-12(18-15-10)11(16)13-8(3)9-5-4-6-17-9/h4-8H,1-3H3,(H,13,16). The predicted octanol–water partition coefficient (Wildman–Crippen LogP) is 3.21. The van der Waals surface area contributed by atoms with Gasteiger partial charge >= 0.3 is 0 Å². The number of rotatable bonds is 4. The highest BCUT2D eigenvalue weighted by Crippen LogP contribution is 2.19. The van der Waals surface area contributed by atoms with E-state index in [1.807, 2.05) is 38.3 Å². The van der Waals surface area contributed by atoms with E-state index in [1.54, 1.807) is 11.3 Å². The molecule has 0 aromatic carbocycles. The molecule has 0 radical (unpaired) electrons. The Balaban J connectivity index is 2.03. The first-order chi connectivity index (χ1) is 8.58. The van der Waals surface area contributed by atoms with Crippen LogP contribution in [0.2, 0.25) is 0 Å². The van der Waals surface area contributed by atoms with Crippen LogP contribution in [0.1, 0.15) is 53.2 Å². The van der Waals surface area contributed by atoms with Gasteiger partial charge in [-0.1, -0.05) is 19.9 Å². The third-order valence-corrected chi connectivity index (χ3v) is 4.25. The van der Waals surface area contributed by atoms with Crippen molar-refractivity contribution < 1.29 is 4.79 Å². The number of nitrogens with zero attached hydrogens (tertiary/aromatic N) is 2. The van der Waals surface area contributed by atoms with Gasteiger partial charge in [0.1, 0.15) is 5.82 Å². The molecule has 4 nitrogen and oxygen atoms in total. The maximum Gasteiger partial charge on any atom is 0.282 e. The lowest BCUT2D eigenvalue weighted by Gasteiger charge is -2.10. The monoisotopic (exact) mass is 281 g/mol. The number of carbonyl (C=O) groups excluding carboxylic acids is 1. The summed E-state index contributed by atoms with van der Waals surface area (Å²) < 4.78 is 4.18. The van der Waals surface area contributed by atoms with Crippen molar-refractivity contribution in [2.75, 3.05) is 0 Å². The first-order valence-corrected chi connectivity index (χ1v) is 7.41. The number of aromatic nitrogens is 2. The molecule has 2 rings (SSSR count). The van der Waals surface area contributed by atoms with Crippen LogP contribution >= 0.6 is 22.9 Å². The summed E-state index contributed by atoms with van der Waals surface area (Å²) in [6.45, 7) is 5.99. The lowest BCUT2D eigenvalue weighted by Crippen LogP contribution is -2.26. The van der Waals surface area contributed by atoms with E-state index in [4.69, 9.17) is 0 Å². The largest absolute Gasteiger partial charge is 0.343 e. The maximum absolute atomic E-state index is 12.0. The van der Waals surface area contributed by atoms with Gasteiger partial charge in [0.2, 0.25) is 5.01 Å². The molecule has 0 spiro atoms. The summed E-state index contributed by atoms with van der Waals surface area (Å²) in [5.74, 6) is 0.826. The second-order valence-electron chi connectivity index (χ2n) is 4.32. The Morgan fingerprint density at radius 3 is 2.72 bits per heavy atom. The zero-order chi connectivity index (χ0) is 13.1. The second-order valence-corrected chi connectivity index (χ2v) is 6.05. The first kappa shape index (κ1) is 13.2. The van der Waals surface area contributed by atoms with Crippen molar-refractivity contribution in [3.8, 4) is 0 Å². The highest BCUT2D eigenvalue weighted by Gasteiger charge is 2.17. The molecule has 2 aromatic rings. The van der Waals surface area contributed by atoms with Gasteiger partial charge in [0, 0.05) is 10.8 Å². The van der Waals surface area contributed by atoms with Crippen LogP contribution in [-0.4, -0.2) is 15.3 Å². The summed E-state index contributed by atoms with van der Waals surface area (Å²) in [4.78, 5) is 17.4. The molecule has 0 fully saturated rings. The summed E-state index contributed by atoms with van der Waals surface area (Å²) >= 11 is 2.79. The Hall–Kier alpha value is -1.27. The average molecular weight is 281 g/mol. The molecule has 18 heavy (non-hydrogen) atoms.